The van der Waals surface area contributed by atoms with Gasteiger partial charge in [0.15, 0.2) is 5.65 Å². The molecule has 0 radical (unpaired) electrons. The highest BCUT2D eigenvalue weighted by atomic mass is 16.5. The van der Waals surface area contributed by atoms with Crippen LogP contribution in [0.5, 0.6) is 5.75 Å². The monoisotopic (exact) mass is 458 g/mol. The van der Waals surface area contributed by atoms with Gasteiger partial charge in [-0.3, -0.25) is 14.2 Å². The van der Waals surface area contributed by atoms with E-state index < -0.39 is 0 Å². The number of piperazine rings is 1. The quantitative estimate of drug-likeness (QED) is 0.441. The molecule has 0 aliphatic carbocycles. The Kier molecular flexibility index (Phi) is 5.99. The van der Waals surface area contributed by atoms with E-state index >= 15 is 0 Å². The molecular weight excluding hydrogens is 432 g/mol. The van der Waals surface area contributed by atoms with Gasteiger partial charge in [-0.1, -0.05) is 30.3 Å². The van der Waals surface area contributed by atoms with Crippen molar-refractivity contribution in [2.24, 2.45) is 0 Å². The SMILES string of the molecule is COc1ccccc1N1CCN(C(=O)CCn2cnc3c(cnn3-c3ccccc3)c2=O)CC1. The largest absolute Gasteiger partial charge is 0.495 e. The van der Waals surface area contributed by atoms with Crippen molar-refractivity contribution in [3.05, 3.63) is 77.5 Å². The highest BCUT2D eigenvalue weighted by Crippen LogP contribution is 2.28. The summed E-state index contributed by atoms with van der Waals surface area (Å²) in [6.45, 7) is 3.01. The molecule has 0 atom stereocenters. The van der Waals surface area contributed by atoms with Gasteiger partial charge in [0.2, 0.25) is 5.91 Å². The molecule has 174 valence electrons. The average molecular weight is 459 g/mol. The predicted molar refractivity (Wildman–Crippen MR) is 130 cm³/mol. The van der Waals surface area contributed by atoms with Gasteiger partial charge in [0.25, 0.3) is 5.56 Å². The first-order valence-corrected chi connectivity index (χ1v) is 11.3. The number of benzene rings is 2. The van der Waals surface area contributed by atoms with Gasteiger partial charge in [0, 0.05) is 39.1 Å². The van der Waals surface area contributed by atoms with Crippen LogP contribution in [0.25, 0.3) is 16.7 Å². The first kappa shape index (κ1) is 21.7. The maximum absolute atomic E-state index is 12.9. The third kappa shape index (κ3) is 4.12. The fourth-order valence-corrected chi connectivity index (χ4v) is 4.33. The van der Waals surface area contributed by atoms with Crippen LogP contribution in [0.15, 0.2) is 71.9 Å². The summed E-state index contributed by atoms with van der Waals surface area (Å²) in [6, 6.07) is 17.5. The van der Waals surface area contributed by atoms with Crippen molar-refractivity contribution in [3.63, 3.8) is 0 Å². The molecule has 1 amide bonds. The Labute approximate surface area is 196 Å². The molecule has 0 saturated carbocycles. The minimum atomic E-state index is -0.194. The first-order chi connectivity index (χ1) is 16.7. The molecule has 9 heteroatoms. The molecule has 0 spiro atoms. The molecule has 4 aromatic rings. The van der Waals surface area contributed by atoms with Gasteiger partial charge in [-0.2, -0.15) is 5.10 Å². The van der Waals surface area contributed by atoms with E-state index in [0.717, 1.165) is 30.2 Å². The number of amides is 1. The molecule has 2 aromatic carbocycles. The Bertz CT molecular complexity index is 1360. The molecule has 2 aromatic heterocycles. The summed E-state index contributed by atoms with van der Waals surface area (Å²) < 4.78 is 8.60. The van der Waals surface area contributed by atoms with E-state index in [9.17, 15) is 9.59 Å². The fraction of sp³-hybridized carbons (Fsp3) is 0.280. The molecule has 1 fully saturated rings. The van der Waals surface area contributed by atoms with Crippen molar-refractivity contribution in [1.82, 2.24) is 24.2 Å². The molecule has 0 bridgehead atoms. The minimum Gasteiger partial charge on any atom is -0.495 e. The molecular formula is C25H26N6O3. The third-order valence-electron chi connectivity index (χ3n) is 6.18. The molecule has 9 nitrogen and oxygen atoms in total. The van der Waals surface area contributed by atoms with Crippen LogP contribution in [-0.2, 0) is 11.3 Å². The number of carbonyl (C=O) groups is 1. The van der Waals surface area contributed by atoms with Crippen molar-refractivity contribution in [1.29, 1.82) is 0 Å². The van der Waals surface area contributed by atoms with Crippen LogP contribution >= 0.6 is 0 Å². The van der Waals surface area contributed by atoms with Gasteiger partial charge >= 0.3 is 0 Å². The van der Waals surface area contributed by atoms with E-state index in [1.54, 1.807) is 11.8 Å². The Balaban J connectivity index is 1.22. The van der Waals surface area contributed by atoms with Crippen LogP contribution in [0.2, 0.25) is 0 Å². The van der Waals surface area contributed by atoms with E-state index in [-0.39, 0.29) is 24.4 Å². The molecule has 1 saturated heterocycles. The standard InChI is InChI=1S/C25H26N6O3/c1-34-22-10-6-5-9-21(22)28-13-15-29(16-14-28)23(32)11-12-30-18-26-24-20(25(30)33)17-27-31(24)19-7-3-2-4-8-19/h2-10,17-18H,11-16H2,1H3. The van der Waals surface area contributed by atoms with Gasteiger partial charge in [-0.15, -0.1) is 0 Å². The smallest absolute Gasteiger partial charge is 0.264 e. The van der Waals surface area contributed by atoms with Gasteiger partial charge in [-0.25, -0.2) is 9.67 Å². The third-order valence-corrected chi connectivity index (χ3v) is 6.18. The number of para-hydroxylation sites is 3. The average Bonchev–Trinajstić information content (AvgIpc) is 3.34. The summed E-state index contributed by atoms with van der Waals surface area (Å²) in [5, 5.41) is 4.77. The Morgan fingerprint density at radius 1 is 1.00 bits per heavy atom. The van der Waals surface area contributed by atoms with Crippen molar-refractivity contribution in [3.8, 4) is 11.4 Å². The summed E-state index contributed by atoms with van der Waals surface area (Å²) in [7, 11) is 1.67. The summed E-state index contributed by atoms with van der Waals surface area (Å²) in [4.78, 5) is 34.3. The maximum atomic E-state index is 12.9. The molecule has 0 unspecified atom stereocenters. The number of carbonyl (C=O) groups excluding carboxylic acids is 1. The second kappa shape index (κ2) is 9.38. The number of anilines is 1. The van der Waals surface area contributed by atoms with E-state index in [2.05, 4.69) is 15.0 Å². The lowest BCUT2D eigenvalue weighted by Gasteiger charge is -2.36. The highest BCUT2D eigenvalue weighted by molar-refractivity contribution is 5.77. The normalized spacial score (nSPS) is 13.9. The van der Waals surface area contributed by atoms with E-state index in [4.69, 9.17) is 4.74 Å². The molecule has 1 aliphatic rings. The molecule has 34 heavy (non-hydrogen) atoms. The van der Waals surface area contributed by atoms with Crippen LogP contribution in [-0.4, -0.2) is 63.4 Å². The Morgan fingerprint density at radius 2 is 1.74 bits per heavy atom. The zero-order valence-electron chi connectivity index (χ0n) is 19.0. The Hall–Kier alpha value is -4.14. The number of methoxy groups -OCH3 is 1. The fourth-order valence-electron chi connectivity index (χ4n) is 4.33. The number of hydrogen-bond acceptors (Lipinski definition) is 6. The lowest BCUT2D eigenvalue weighted by atomic mass is 10.2. The Morgan fingerprint density at radius 3 is 2.50 bits per heavy atom. The van der Waals surface area contributed by atoms with E-state index in [1.807, 2.05) is 59.5 Å². The molecule has 1 aliphatic heterocycles. The van der Waals surface area contributed by atoms with Crippen LogP contribution in [0.1, 0.15) is 6.42 Å². The van der Waals surface area contributed by atoms with Crippen molar-refractivity contribution in [2.75, 3.05) is 38.2 Å². The maximum Gasteiger partial charge on any atom is 0.264 e. The number of hydrogen-bond donors (Lipinski definition) is 0. The van der Waals surface area contributed by atoms with Crippen molar-refractivity contribution >= 4 is 22.6 Å². The number of nitrogens with zero attached hydrogens (tertiary/aromatic N) is 6. The summed E-state index contributed by atoms with van der Waals surface area (Å²) >= 11 is 0. The van der Waals surface area contributed by atoms with Gasteiger partial charge < -0.3 is 14.5 Å². The first-order valence-electron chi connectivity index (χ1n) is 11.3. The summed E-state index contributed by atoms with van der Waals surface area (Å²) in [5.41, 5.74) is 2.19. The summed E-state index contributed by atoms with van der Waals surface area (Å²) in [5.74, 6) is 0.867. The lowest BCUT2D eigenvalue weighted by Crippen LogP contribution is -2.49. The molecule has 5 rings (SSSR count). The molecule has 0 N–H and O–H groups in total. The van der Waals surface area contributed by atoms with Gasteiger partial charge in [-0.05, 0) is 24.3 Å². The highest BCUT2D eigenvalue weighted by Gasteiger charge is 2.23. The number of ether oxygens (including phenoxy) is 1. The lowest BCUT2D eigenvalue weighted by molar-refractivity contribution is -0.131. The molecule has 3 heterocycles. The van der Waals surface area contributed by atoms with Gasteiger partial charge in [0.1, 0.15) is 11.1 Å². The van der Waals surface area contributed by atoms with Crippen molar-refractivity contribution in [2.45, 2.75) is 13.0 Å². The number of fused-ring (bicyclic) bond motifs is 1. The van der Waals surface area contributed by atoms with Gasteiger partial charge in [0.05, 0.1) is 31.0 Å². The number of rotatable bonds is 6. The van der Waals surface area contributed by atoms with Crippen molar-refractivity contribution < 1.29 is 9.53 Å². The van der Waals surface area contributed by atoms with Crippen LogP contribution in [0, 0.1) is 0 Å². The second-order valence-electron chi connectivity index (χ2n) is 8.16. The zero-order chi connectivity index (χ0) is 23.5. The van der Waals surface area contributed by atoms with Crippen LogP contribution < -0.4 is 15.2 Å². The van der Waals surface area contributed by atoms with Crippen LogP contribution in [0.3, 0.4) is 0 Å². The van der Waals surface area contributed by atoms with E-state index in [0.29, 0.717) is 24.1 Å². The van der Waals surface area contributed by atoms with E-state index in [1.165, 1.54) is 17.1 Å². The van der Waals surface area contributed by atoms with Crippen LogP contribution in [0.4, 0.5) is 5.69 Å². The summed E-state index contributed by atoms with van der Waals surface area (Å²) in [6.07, 6.45) is 3.28. The number of aryl methyl sites for hydroxylation is 1. The second-order valence-corrected chi connectivity index (χ2v) is 8.16. The topological polar surface area (TPSA) is 85.5 Å². The predicted octanol–water partition coefficient (Wildman–Crippen LogP) is 2.33. The zero-order valence-corrected chi connectivity index (χ0v) is 19.0. The minimum absolute atomic E-state index is 0.0339. The number of aromatic nitrogens is 4.